The first-order valence-corrected chi connectivity index (χ1v) is 6.80. The second kappa shape index (κ2) is 8.03. The minimum absolute atomic E-state index is 0.0727. The molecule has 116 valence electrons. The standard InChI is InChI=1S/C13H21N5O3/c1-4-8-15-11-6-5-10(18(20)21)13(16-11)17(3)9-7-12(19)14-2/h5-6H,4,7-9H2,1-3H3,(H,14,19)(H,15,16). The van der Waals surface area contributed by atoms with Crippen LogP contribution >= 0.6 is 0 Å². The summed E-state index contributed by atoms with van der Waals surface area (Å²) < 4.78 is 0. The van der Waals surface area contributed by atoms with Crippen molar-refractivity contribution in [1.29, 1.82) is 0 Å². The van der Waals surface area contributed by atoms with Crippen molar-refractivity contribution in [1.82, 2.24) is 10.3 Å². The third-order valence-corrected chi connectivity index (χ3v) is 2.92. The smallest absolute Gasteiger partial charge is 0.311 e. The average Bonchev–Trinajstić information content (AvgIpc) is 2.49. The van der Waals surface area contributed by atoms with Gasteiger partial charge in [-0.3, -0.25) is 14.9 Å². The Labute approximate surface area is 123 Å². The second-order valence-electron chi connectivity index (χ2n) is 4.57. The van der Waals surface area contributed by atoms with Gasteiger partial charge in [0.1, 0.15) is 5.82 Å². The maximum Gasteiger partial charge on any atom is 0.311 e. The Morgan fingerprint density at radius 2 is 2.19 bits per heavy atom. The zero-order valence-corrected chi connectivity index (χ0v) is 12.5. The van der Waals surface area contributed by atoms with Crippen molar-refractivity contribution in [3.63, 3.8) is 0 Å². The quantitative estimate of drug-likeness (QED) is 0.555. The Balaban J connectivity index is 2.93. The molecular weight excluding hydrogens is 274 g/mol. The fourth-order valence-electron chi connectivity index (χ4n) is 1.72. The van der Waals surface area contributed by atoms with E-state index in [1.165, 1.54) is 6.07 Å². The summed E-state index contributed by atoms with van der Waals surface area (Å²) in [5.41, 5.74) is -0.0727. The predicted molar refractivity (Wildman–Crippen MR) is 81.6 cm³/mol. The maximum atomic E-state index is 11.3. The van der Waals surface area contributed by atoms with Crippen LogP contribution in [-0.2, 0) is 4.79 Å². The Morgan fingerprint density at radius 1 is 1.48 bits per heavy atom. The van der Waals surface area contributed by atoms with Crippen molar-refractivity contribution >= 4 is 23.2 Å². The number of anilines is 2. The van der Waals surface area contributed by atoms with Gasteiger partial charge in [0.15, 0.2) is 0 Å². The first kappa shape index (κ1) is 16.7. The van der Waals surface area contributed by atoms with E-state index in [2.05, 4.69) is 15.6 Å². The lowest BCUT2D eigenvalue weighted by molar-refractivity contribution is -0.384. The van der Waals surface area contributed by atoms with Crippen molar-refractivity contribution in [3.8, 4) is 0 Å². The highest BCUT2D eigenvalue weighted by Crippen LogP contribution is 2.26. The highest BCUT2D eigenvalue weighted by atomic mass is 16.6. The van der Waals surface area contributed by atoms with Gasteiger partial charge in [0.2, 0.25) is 11.7 Å². The molecule has 0 atom stereocenters. The lowest BCUT2D eigenvalue weighted by Crippen LogP contribution is -2.27. The molecule has 0 spiro atoms. The monoisotopic (exact) mass is 295 g/mol. The van der Waals surface area contributed by atoms with Gasteiger partial charge in [-0.15, -0.1) is 0 Å². The molecule has 0 fully saturated rings. The van der Waals surface area contributed by atoms with Crippen molar-refractivity contribution in [2.75, 3.05) is 37.4 Å². The van der Waals surface area contributed by atoms with E-state index in [1.807, 2.05) is 6.92 Å². The van der Waals surface area contributed by atoms with E-state index in [0.717, 1.165) is 13.0 Å². The molecule has 0 unspecified atom stereocenters. The Kier molecular flexibility index (Phi) is 6.38. The number of nitro groups is 1. The van der Waals surface area contributed by atoms with Crippen LogP contribution in [0.4, 0.5) is 17.3 Å². The van der Waals surface area contributed by atoms with Gasteiger partial charge in [0, 0.05) is 39.7 Å². The van der Waals surface area contributed by atoms with Crippen LogP contribution in [0.3, 0.4) is 0 Å². The molecule has 0 saturated heterocycles. The normalized spacial score (nSPS) is 10.0. The zero-order valence-electron chi connectivity index (χ0n) is 12.5. The summed E-state index contributed by atoms with van der Waals surface area (Å²) in [7, 11) is 3.24. The summed E-state index contributed by atoms with van der Waals surface area (Å²) in [6, 6.07) is 3.01. The Bertz CT molecular complexity index is 507. The van der Waals surface area contributed by atoms with Gasteiger partial charge in [-0.2, -0.15) is 0 Å². The lowest BCUT2D eigenvalue weighted by atomic mass is 10.3. The van der Waals surface area contributed by atoms with Crippen LogP contribution < -0.4 is 15.5 Å². The Hall–Kier alpha value is -2.38. The van der Waals surface area contributed by atoms with Crippen LogP contribution in [0.25, 0.3) is 0 Å². The van der Waals surface area contributed by atoms with E-state index in [9.17, 15) is 14.9 Å². The largest absolute Gasteiger partial charge is 0.370 e. The van der Waals surface area contributed by atoms with E-state index in [4.69, 9.17) is 0 Å². The molecule has 0 aromatic carbocycles. The topological polar surface area (TPSA) is 100 Å². The van der Waals surface area contributed by atoms with Crippen molar-refractivity contribution in [3.05, 3.63) is 22.2 Å². The van der Waals surface area contributed by atoms with Crippen LogP contribution in [0.2, 0.25) is 0 Å². The Morgan fingerprint density at radius 3 is 2.76 bits per heavy atom. The molecule has 0 radical (unpaired) electrons. The van der Waals surface area contributed by atoms with Gasteiger partial charge >= 0.3 is 5.69 Å². The number of hydrogen-bond donors (Lipinski definition) is 2. The number of carbonyl (C=O) groups excluding carboxylic acids is 1. The van der Waals surface area contributed by atoms with Crippen LogP contribution in [0, 0.1) is 10.1 Å². The summed E-state index contributed by atoms with van der Waals surface area (Å²) in [5.74, 6) is 0.721. The van der Waals surface area contributed by atoms with Crippen molar-refractivity contribution in [2.45, 2.75) is 19.8 Å². The average molecular weight is 295 g/mol. The number of pyridine rings is 1. The predicted octanol–water partition coefficient (Wildman–Crippen LogP) is 1.38. The van der Waals surface area contributed by atoms with Crippen molar-refractivity contribution < 1.29 is 9.72 Å². The molecule has 0 aliphatic carbocycles. The number of aromatic nitrogens is 1. The molecule has 0 bridgehead atoms. The summed E-state index contributed by atoms with van der Waals surface area (Å²) >= 11 is 0. The molecule has 0 aliphatic heterocycles. The molecule has 0 aliphatic rings. The molecule has 21 heavy (non-hydrogen) atoms. The van der Waals surface area contributed by atoms with E-state index < -0.39 is 4.92 Å². The fraction of sp³-hybridized carbons (Fsp3) is 0.538. The van der Waals surface area contributed by atoms with Gasteiger partial charge in [0.25, 0.3) is 0 Å². The van der Waals surface area contributed by atoms with E-state index in [0.29, 0.717) is 12.4 Å². The molecule has 1 amide bonds. The highest BCUT2D eigenvalue weighted by Gasteiger charge is 2.20. The van der Waals surface area contributed by atoms with Gasteiger partial charge in [-0.1, -0.05) is 6.92 Å². The number of nitrogens with one attached hydrogen (secondary N) is 2. The van der Waals surface area contributed by atoms with Gasteiger partial charge in [0.05, 0.1) is 4.92 Å². The number of nitrogens with zero attached hydrogens (tertiary/aromatic N) is 3. The molecular formula is C13H21N5O3. The van der Waals surface area contributed by atoms with Crippen molar-refractivity contribution in [2.24, 2.45) is 0 Å². The molecule has 1 aromatic heterocycles. The molecule has 1 heterocycles. The maximum absolute atomic E-state index is 11.3. The molecule has 1 aromatic rings. The van der Waals surface area contributed by atoms with Crippen LogP contribution in [0.15, 0.2) is 12.1 Å². The molecule has 8 nitrogen and oxygen atoms in total. The van der Waals surface area contributed by atoms with E-state index in [-0.39, 0.29) is 23.8 Å². The third kappa shape index (κ3) is 4.90. The summed E-state index contributed by atoms with van der Waals surface area (Å²) in [6.45, 7) is 3.12. The second-order valence-corrected chi connectivity index (χ2v) is 4.57. The van der Waals surface area contributed by atoms with E-state index in [1.54, 1.807) is 25.1 Å². The fourth-order valence-corrected chi connectivity index (χ4v) is 1.72. The molecule has 0 saturated carbocycles. The number of carbonyl (C=O) groups is 1. The van der Waals surface area contributed by atoms with Crippen LogP contribution in [0.1, 0.15) is 19.8 Å². The number of amides is 1. The summed E-state index contributed by atoms with van der Waals surface area (Å²) in [4.78, 5) is 27.8. The molecule has 2 N–H and O–H groups in total. The van der Waals surface area contributed by atoms with Gasteiger partial charge < -0.3 is 15.5 Å². The minimum Gasteiger partial charge on any atom is -0.370 e. The lowest BCUT2D eigenvalue weighted by Gasteiger charge is -2.18. The highest BCUT2D eigenvalue weighted by molar-refractivity contribution is 5.76. The third-order valence-electron chi connectivity index (χ3n) is 2.92. The number of rotatable bonds is 8. The summed E-state index contributed by atoms with van der Waals surface area (Å²) in [5, 5.41) is 16.7. The SMILES string of the molecule is CCCNc1ccc([N+](=O)[O-])c(N(C)CCC(=O)NC)n1. The number of hydrogen-bond acceptors (Lipinski definition) is 6. The van der Waals surface area contributed by atoms with Gasteiger partial charge in [-0.25, -0.2) is 4.98 Å². The molecule has 8 heteroatoms. The van der Waals surface area contributed by atoms with E-state index >= 15 is 0 Å². The zero-order chi connectivity index (χ0) is 15.8. The summed E-state index contributed by atoms with van der Waals surface area (Å²) in [6.07, 6.45) is 1.18. The molecule has 1 rings (SSSR count). The first-order chi connectivity index (χ1) is 9.99. The van der Waals surface area contributed by atoms with Crippen LogP contribution in [0.5, 0.6) is 0 Å². The van der Waals surface area contributed by atoms with Gasteiger partial charge in [-0.05, 0) is 12.5 Å². The van der Waals surface area contributed by atoms with Crippen LogP contribution in [-0.4, -0.2) is 43.0 Å². The first-order valence-electron chi connectivity index (χ1n) is 6.80. The minimum atomic E-state index is -0.470.